The maximum Gasteiger partial charge on any atom is 0.136 e. The molecule has 0 aliphatic carbocycles. The molecule has 0 saturated carbocycles. The SMILES string of the molecule is [2H]c1cc([2H])c2oc3c([2H])cc([2H])c(-c4ccccc4)c3c2c1C. The van der Waals surface area contributed by atoms with Crippen LogP contribution in [-0.2, 0) is 0 Å². The van der Waals surface area contributed by atoms with E-state index in [-0.39, 0.29) is 24.2 Å². The van der Waals surface area contributed by atoms with Crippen molar-refractivity contribution in [3.8, 4) is 11.1 Å². The molecule has 0 unspecified atom stereocenters. The highest BCUT2D eigenvalue weighted by atomic mass is 16.3. The van der Waals surface area contributed by atoms with Crippen molar-refractivity contribution in [2.75, 3.05) is 0 Å². The van der Waals surface area contributed by atoms with E-state index < -0.39 is 0 Å². The summed E-state index contributed by atoms with van der Waals surface area (Å²) in [6.45, 7) is 1.81. The summed E-state index contributed by atoms with van der Waals surface area (Å²) in [6, 6.07) is 13.2. The molecule has 1 aromatic heterocycles. The second-order valence-electron chi connectivity index (χ2n) is 4.74. The van der Waals surface area contributed by atoms with Crippen LogP contribution in [0.1, 0.15) is 11.0 Å². The molecule has 1 nitrogen and oxygen atoms in total. The molecule has 0 fully saturated rings. The standard InChI is InChI=1S/C19H14O/c1-13-7-5-11-16-18(13)19-15(10-6-12-17(19)20-16)14-8-3-2-4-9-14/h2-12H,1H3/i7D,10D,11D,12D. The van der Waals surface area contributed by atoms with E-state index in [2.05, 4.69) is 0 Å². The average Bonchev–Trinajstić information content (AvgIpc) is 2.95. The van der Waals surface area contributed by atoms with Gasteiger partial charge in [-0.3, -0.25) is 0 Å². The number of benzene rings is 3. The number of rotatable bonds is 1. The molecule has 96 valence electrons. The molecule has 0 saturated heterocycles. The summed E-state index contributed by atoms with van der Waals surface area (Å²) in [4.78, 5) is 0. The molecule has 0 N–H and O–H groups in total. The van der Waals surface area contributed by atoms with Crippen molar-refractivity contribution >= 4 is 21.9 Å². The van der Waals surface area contributed by atoms with E-state index in [9.17, 15) is 0 Å². The quantitative estimate of drug-likeness (QED) is 0.437. The third-order valence-corrected chi connectivity index (χ3v) is 3.51. The van der Waals surface area contributed by atoms with Gasteiger partial charge in [-0.15, -0.1) is 0 Å². The number of hydrogen-bond donors (Lipinski definition) is 0. The van der Waals surface area contributed by atoms with Crippen LogP contribution in [0.25, 0.3) is 33.1 Å². The van der Waals surface area contributed by atoms with Crippen molar-refractivity contribution in [3.05, 3.63) is 72.2 Å². The van der Waals surface area contributed by atoms with Crippen LogP contribution in [-0.4, -0.2) is 0 Å². The molecule has 1 heteroatoms. The molecule has 4 aromatic rings. The minimum absolute atomic E-state index is 0.121. The van der Waals surface area contributed by atoms with Crippen LogP contribution >= 0.6 is 0 Å². The van der Waals surface area contributed by atoms with Gasteiger partial charge in [-0.25, -0.2) is 0 Å². The smallest absolute Gasteiger partial charge is 0.136 e. The zero-order valence-electron chi connectivity index (χ0n) is 14.9. The van der Waals surface area contributed by atoms with Crippen molar-refractivity contribution in [3.63, 3.8) is 0 Å². The molecule has 0 amide bonds. The molecule has 1 heterocycles. The van der Waals surface area contributed by atoms with Gasteiger partial charge in [0.05, 0.1) is 5.48 Å². The first-order chi connectivity index (χ1) is 11.5. The molecule has 3 aromatic carbocycles. The Balaban J connectivity index is 2.31. The lowest BCUT2D eigenvalue weighted by atomic mass is 9.98. The van der Waals surface area contributed by atoms with E-state index >= 15 is 0 Å². The minimum atomic E-state index is 0.121. The lowest BCUT2D eigenvalue weighted by molar-refractivity contribution is 0.669. The zero-order chi connectivity index (χ0) is 17.0. The third-order valence-electron chi connectivity index (χ3n) is 3.51. The van der Waals surface area contributed by atoms with Crippen molar-refractivity contribution in [1.29, 1.82) is 0 Å². The molecule has 0 aliphatic rings. The summed E-state index contributed by atoms with van der Waals surface area (Å²) in [6.07, 6.45) is 0. The van der Waals surface area contributed by atoms with E-state index in [1.54, 1.807) is 0 Å². The molecule has 0 bridgehead atoms. The number of furan rings is 1. The van der Waals surface area contributed by atoms with Gasteiger partial charge in [0.15, 0.2) is 0 Å². The Morgan fingerprint density at radius 1 is 0.800 bits per heavy atom. The average molecular weight is 262 g/mol. The van der Waals surface area contributed by atoms with E-state index in [0.717, 1.165) is 5.56 Å². The molecule has 0 radical (unpaired) electrons. The lowest BCUT2D eigenvalue weighted by Crippen LogP contribution is -1.80. The Bertz CT molecular complexity index is 1100. The van der Waals surface area contributed by atoms with Gasteiger partial charge in [-0.2, -0.15) is 0 Å². The maximum atomic E-state index is 8.37. The topological polar surface area (TPSA) is 13.1 Å². The molecular formula is C19H14O. The highest BCUT2D eigenvalue weighted by molar-refractivity contribution is 6.13. The van der Waals surface area contributed by atoms with Crippen LogP contribution in [0.2, 0.25) is 0 Å². The third kappa shape index (κ3) is 1.56. The molecule has 0 aliphatic heterocycles. The van der Waals surface area contributed by atoms with Crippen molar-refractivity contribution in [2.24, 2.45) is 0 Å². The second-order valence-corrected chi connectivity index (χ2v) is 4.74. The Kier molecular flexibility index (Phi) is 1.68. The predicted molar refractivity (Wildman–Crippen MR) is 83.9 cm³/mol. The highest BCUT2D eigenvalue weighted by Crippen LogP contribution is 2.37. The summed E-state index contributed by atoms with van der Waals surface area (Å²) in [5.74, 6) is 0. The highest BCUT2D eigenvalue weighted by Gasteiger charge is 2.13. The van der Waals surface area contributed by atoms with Crippen LogP contribution in [0.5, 0.6) is 0 Å². The molecule has 0 spiro atoms. The Labute approximate surface area is 123 Å². The normalized spacial score (nSPS) is 14.1. The Hall–Kier alpha value is -2.54. The van der Waals surface area contributed by atoms with Gasteiger partial charge in [-0.1, -0.05) is 54.5 Å². The Morgan fingerprint density at radius 2 is 1.50 bits per heavy atom. The van der Waals surface area contributed by atoms with Crippen LogP contribution in [0.4, 0.5) is 0 Å². The molecular weight excluding hydrogens is 244 g/mol. The largest absolute Gasteiger partial charge is 0.456 e. The molecule has 20 heavy (non-hydrogen) atoms. The van der Waals surface area contributed by atoms with Gasteiger partial charge in [0, 0.05) is 10.8 Å². The van der Waals surface area contributed by atoms with Gasteiger partial charge in [-0.05, 0) is 35.7 Å². The van der Waals surface area contributed by atoms with Gasteiger partial charge in [0.25, 0.3) is 0 Å². The predicted octanol–water partition coefficient (Wildman–Crippen LogP) is 5.56. The monoisotopic (exact) mass is 262 g/mol. The van der Waals surface area contributed by atoms with Crippen molar-refractivity contribution in [2.45, 2.75) is 6.92 Å². The summed E-state index contributed by atoms with van der Waals surface area (Å²) in [5.41, 5.74) is 2.96. The van der Waals surface area contributed by atoms with Crippen LogP contribution in [0.3, 0.4) is 0 Å². The van der Waals surface area contributed by atoms with Gasteiger partial charge in [0.2, 0.25) is 0 Å². The van der Waals surface area contributed by atoms with Crippen LogP contribution < -0.4 is 0 Å². The van der Waals surface area contributed by atoms with E-state index in [1.807, 2.05) is 37.3 Å². The van der Waals surface area contributed by atoms with Gasteiger partial charge >= 0.3 is 0 Å². The first kappa shape index (κ1) is 7.91. The summed E-state index contributed by atoms with van der Waals surface area (Å²) in [5, 5.41) is 1.30. The molecule has 0 atom stereocenters. The summed E-state index contributed by atoms with van der Waals surface area (Å²) >= 11 is 0. The number of hydrogen-bond acceptors (Lipinski definition) is 1. The first-order valence-electron chi connectivity index (χ1n) is 8.47. The molecule has 4 rings (SSSR count). The zero-order valence-corrected chi connectivity index (χ0v) is 10.9. The van der Waals surface area contributed by atoms with Gasteiger partial charge in [0.1, 0.15) is 11.2 Å². The maximum absolute atomic E-state index is 8.37. The van der Waals surface area contributed by atoms with Crippen LogP contribution in [0.15, 0.2) is 71.1 Å². The van der Waals surface area contributed by atoms with Crippen LogP contribution in [0, 0.1) is 6.92 Å². The van der Waals surface area contributed by atoms with E-state index in [0.29, 0.717) is 33.1 Å². The van der Waals surface area contributed by atoms with E-state index in [4.69, 9.17) is 9.90 Å². The van der Waals surface area contributed by atoms with E-state index in [1.165, 1.54) is 12.1 Å². The van der Waals surface area contributed by atoms with Crippen molar-refractivity contribution in [1.82, 2.24) is 0 Å². The fourth-order valence-electron chi connectivity index (χ4n) is 2.59. The number of aryl methyl sites for hydroxylation is 1. The second kappa shape index (κ2) is 4.24. The summed E-state index contributed by atoms with van der Waals surface area (Å²) in [7, 11) is 0. The van der Waals surface area contributed by atoms with Crippen molar-refractivity contribution < 1.29 is 9.90 Å². The minimum Gasteiger partial charge on any atom is -0.456 e. The summed E-state index contributed by atoms with van der Waals surface area (Å²) < 4.78 is 38.6. The fraction of sp³-hybridized carbons (Fsp3) is 0.0526. The first-order valence-corrected chi connectivity index (χ1v) is 6.47. The fourth-order valence-corrected chi connectivity index (χ4v) is 2.59. The number of fused-ring (bicyclic) bond motifs is 3. The lowest BCUT2D eigenvalue weighted by Gasteiger charge is -2.04. The van der Waals surface area contributed by atoms with Gasteiger partial charge < -0.3 is 4.42 Å². The Morgan fingerprint density at radius 3 is 2.30 bits per heavy atom.